The summed E-state index contributed by atoms with van der Waals surface area (Å²) in [5, 5.41) is 17.2. The molecule has 2 aliphatic heterocycles. The molecule has 2 N–H and O–H groups in total. The molecule has 0 unspecified atom stereocenters. The third-order valence-electron chi connectivity index (χ3n) is 5.61. The molecule has 0 spiro atoms. The summed E-state index contributed by atoms with van der Waals surface area (Å²) in [6, 6.07) is 7.78. The Morgan fingerprint density at radius 2 is 2.07 bits per heavy atom. The average Bonchev–Trinajstić information content (AvgIpc) is 3.30. The molecule has 0 radical (unpaired) electrons. The Balaban J connectivity index is 1.55. The van der Waals surface area contributed by atoms with E-state index >= 15 is 0 Å². The first-order valence-electron chi connectivity index (χ1n) is 9.89. The van der Waals surface area contributed by atoms with Gasteiger partial charge in [0.15, 0.2) is 5.82 Å². The Labute approximate surface area is 188 Å². The van der Waals surface area contributed by atoms with Gasteiger partial charge < -0.3 is 20.2 Å². The molecular weight excluding hydrogens is 497 g/mol. The van der Waals surface area contributed by atoms with Crippen molar-refractivity contribution in [3.05, 3.63) is 46.7 Å². The van der Waals surface area contributed by atoms with Crippen LogP contribution in [-0.4, -0.2) is 56.2 Å². The van der Waals surface area contributed by atoms with Gasteiger partial charge in [-0.05, 0) is 37.1 Å². The largest absolute Gasteiger partial charge is 0.512 e. The van der Waals surface area contributed by atoms with Gasteiger partial charge >= 0.3 is 0 Å². The number of alkyl halides is 1. The van der Waals surface area contributed by atoms with Crippen molar-refractivity contribution in [2.24, 2.45) is 0 Å². The van der Waals surface area contributed by atoms with E-state index in [-0.39, 0.29) is 17.6 Å². The molecule has 0 saturated carbocycles. The van der Waals surface area contributed by atoms with Gasteiger partial charge in [0.05, 0.1) is 12.1 Å². The summed E-state index contributed by atoms with van der Waals surface area (Å²) in [6.07, 6.45) is 1.30. The lowest BCUT2D eigenvalue weighted by molar-refractivity contribution is -0.113. The van der Waals surface area contributed by atoms with E-state index < -0.39 is 0 Å². The molecule has 4 rings (SSSR count). The molecule has 2 aliphatic rings. The average molecular weight is 521 g/mol. The van der Waals surface area contributed by atoms with E-state index in [1.165, 1.54) is 0 Å². The molecule has 30 heavy (non-hydrogen) atoms. The number of nitrogens with one attached hydrogen (secondary N) is 1. The summed E-state index contributed by atoms with van der Waals surface area (Å²) >= 11 is 2.16. The van der Waals surface area contributed by atoms with Crippen LogP contribution < -0.4 is 10.2 Å². The fraction of sp³-hybridized carbons (Fsp3) is 0.381. The highest BCUT2D eigenvalue weighted by atomic mass is 127. The van der Waals surface area contributed by atoms with Crippen molar-refractivity contribution in [3.63, 3.8) is 0 Å². The summed E-state index contributed by atoms with van der Waals surface area (Å²) in [7, 11) is 1.83. The number of aliphatic hydroxyl groups excluding tert-OH is 1. The van der Waals surface area contributed by atoms with Gasteiger partial charge in [-0.15, -0.1) is 0 Å². The zero-order chi connectivity index (χ0) is 21.4. The second kappa shape index (κ2) is 8.29. The predicted molar refractivity (Wildman–Crippen MR) is 124 cm³/mol. The highest BCUT2D eigenvalue weighted by molar-refractivity contribution is 14.1. The Bertz CT molecular complexity index is 1050. The van der Waals surface area contributed by atoms with Gasteiger partial charge in [-0.1, -0.05) is 22.6 Å². The number of benzene rings is 1. The monoisotopic (exact) mass is 521 g/mol. The Morgan fingerprint density at radius 3 is 2.83 bits per heavy atom. The fourth-order valence-electron chi connectivity index (χ4n) is 3.80. The molecule has 8 nitrogen and oxygen atoms in total. The summed E-state index contributed by atoms with van der Waals surface area (Å²) in [4.78, 5) is 28.6. The SMILES string of the molecule is C/C(C(=O)Nc1cc2n(n1)CCN2c1ccc2c(c1)CCN(C)C2=O)=C(/O)CCI. The van der Waals surface area contributed by atoms with Crippen LogP contribution >= 0.6 is 22.6 Å². The van der Waals surface area contributed by atoms with E-state index in [9.17, 15) is 14.7 Å². The van der Waals surface area contributed by atoms with Gasteiger partial charge in [0, 0.05) is 48.3 Å². The Morgan fingerprint density at radius 1 is 1.27 bits per heavy atom. The number of halogens is 1. The van der Waals surface area contributed by atoms with Crippen LogP contribution in [0.5, 0.6) is 0 Å². The van der Waals surface area contributed by atoms with E-state index in [2.05, 4.69) is 44.0 Å². The molecule has 2 amide bonds. The topological polar surface area (TPSA) is 90.7 Å². The number of carbonyl (C=O) groups is 2. The molecule has 2 aromatic rings. The highest BCUT2D eigenvalue weighted by Gasteiger charge is 2.27. The van der Waals surface area contributed by atoms with Crippen LogP contribution in [0.4, 0.5) is 17.3 Å². The number of nitrogens with zero attached hydrogens (tertiary/aromatic N) is 4. The molecule has 0 atom stereocenters. The number of allylic oxidation sites excluding steroid dienone is 1. The number of amides is 2. The zero-order valence-electron chi connectivity index (χ0n) is 17.0. The minimum atomic E-state index is -0.350. The minimum absolute atomic E-state index is 0.0634. The van der Waals surface area contributed by atoms with E-state index in [1.807, 2.05) is 29.9 Å². The van der Waals surface area contributed by atoms with Crippen molar-refractivity contribution < 1.29 is 14.7 Å². The van der Waals surface area contributed by atoms with Crippen molar-refractivity contribution in [2.45, 2.75) is 26.3 Å². The van der Waals surface area contributed by atoms with Crippen molar-refractivity contribution in [2.75, 3.05) is 34.8 Å². The predicted octanol–water partition coefficient (Wildman–Crippen LogP) is 3.26. The number of aliphatic hydroxyl groups is 1. The first-order valence-corrected chi connectivity index (χ1v) is 11.4. The Kier molecular flexibility index (Phi) is 5.72. The smallest absolute Gasteiger partial charge is 0.255 e. The first kappa shape index (κ1) is 20.7. The molecule has 1 aromatic heterocycles. The molecule has 0 fully saturated rings. The van der Waals surface area contributed by atoms with Crippen LogP contribution in [0.1, 0.15) is 29.3 Å². The van der Waals surface area contributed by atoms with Crippen LogP contribution in [0.25, 0.3) is 0 Å². The summed E-state index contributed by atoms with van der Waals surface area (Å²) < 4.78 is 2.60. The van der Waals surface area contributed by atoms with Gasteiger partial charge in [0.25, 0.3) is 11.8 Å². The molecule has 3 heterocycles. The van der Waals surface area contributed by atoms with Gasteiger partial charge in [-0.3, -0.25) is 9.59 Å². The van der Waals surface area contributed by atoms with Crippen molar-refractivity contribution in [1.29, 1.82) is 0 Å². The highest BCUT2D eigenvalue weighted by Crippen LogP contribution is 2.34. The van der Waals surface area contributed by atoms with Crippen molar-refractivity contribution in [3.8, 4) is 0 Å². The first-order chi connectivity index (χ1) is 14.4. The summed E-state index contributed by atoms with van der Waals surface area (Å²) in [6.45, 7) is 3.82. The van der Waals surface area contributed by atoms with Crippen LogP contribution in [-0.2, 0) is 17.8 Å². The van der Waals surface area contributed by atoms with Crippen molar-refractivity contribution >= 4 is 51.7 Å². The van der Waals surface area contributed by atoms with Crippen LogP contribution in [0.15, 0.2) is 35.6 Å². The zero-order valence-corrected chi connectivity index (χ0v) is 19.1. The molecular formula is C21H24IN5O3. The second-order valence-electron chi connectivity index (χ2n) is 7.55. The van der Waals surface area contributed by atoms with Crippen molar-refractivity contribution in [1.82, 2.24) is 14.7 Å². The van der Waals surface area contributed by atoms with E-state index in [4.69, 9.17) is 0 Å². The molecule has 1 aromatic carbocycles. The van der Waals surface area contributed by atoms with Crippen LogP contribution in [0, 0.1) is 0 Å². The van der Waals surface area contributed by atoms with E-state index in [0.29, 0.717) is 24.4 Å². The molecule has 0 bridgehead atoms. The van der Waals surface area contributed by atoms with Gasteiger partial charge in [0.2, 0.25) is 0 Å². The standard InChI is InChI=1S/C21H24IN5O3/c1-13(17(28)5-7-22)20(29)23-18-12-19-26(9-10-27(19)24-18)15-3-4-16-14(11-15)6-8-25(2)21(16)30/h3-4,11-12,28H,5-10H2,1-2H3,(H,23,24,29)/b17-13-. The van der Waals surface area contributed by atoms with Gasteiger partial charge in [0.1, 0.15) is 11.6 Å². The third-order valence-corrected chi connectivity index (χ3v) is 6.15. The maximum atomic E-state index is 12.4. The number of aromatic nitrogens is 2. The Hall–Kier alpha value is -2.56. The quantitative estimate of drug-likeness (QED) is 0.273. The third kappa shape index (κ3) is 3.78. The molecule has 9 heteroatoms. The summed E-state index contributed by atoms with van der Waals surface area (Å²) in [5.41, 5.74) is 3.15. The lowest BCUT2D eigenvalue weighted by atomic mass is 9.98. The molecule has 158 valence electrons. The molecule has 0 aliphatic carbocycles. The molecule has 0 saturated heterocycles. The normalized spacial score (nSPS) is 16.3. The van der Waals surface area contributed by atoms with E-state index in [1.54, 1.807) is 11.8 Å². The van der Waals surface area contributed by atoms with Gasteiger partial charge in [-0.25, -0.2) is 4.68 Å². The number of fused-ring (bicyclic) bond motifs is 2. The number of carbonyl (C=O) groups excluding carboxylic acids is 2. The fourth-order valence-corrected chi connectivity index (χ4v) is 4.31. The number of hydrogen-bond acceptors (Lipinski definition) is 5. The minimum Gasteiger partial charge on any atom is -0.512 e. The lowest BCUT2D eigenvalue weighted by Gasteiger charge is -2.26. The number of anilines is 3. The van der Waals surface area contributed by atoms with E-state index in [0.717, 1.165) is 46.6 Å². The van der Waals surface area contributed by atoms with Gasteiger partial charge in [-0.2, -0.15) is 5.10 Å². The number of hydrogen-bond donors (Lipinski definition) is 2. The maximum Gasteiger partial charge on any atom is 0.255 e. The number of rotatable bonds is 5. The maximum absolute atomic E-state index is 12.4. The summed E-state index contributed by atoms with van der Waals surface area (Å²) in [5.74, 6) is 1.16. The lowest BCUT2D eigenvalue weighted by Crippen LogP contribution is -2.34. The second-order valence-corrected chi connectivity index (χ2v) is 8.62. The van der Waals surface area contributed by atoms with Crippen LogP contribution in [0.2, 0.25) is 0 Å². The number of likely N-dealkylation sites (N-methyl/N-ethyl adjacent to an activating group) is 1. The van der Waals surface area contributed by atoms with Crippen LogP contribution in [0.3, 0.4) is 0 Å².